The van der Waals surface area contributed by atoms with Gasteiger partial charge >= 0.3 is 0 Å². The third-order valence-corrected chi connectivity index (χ3v) is 5.39. The van der Waals surface area contributed by atoms with Gasteiger partial charge in [-0.25, -0.2) is 9.97 Å². The van der Waals surface area contributed by atoms with Gasteiger partial charge in [0, 0.05) is 44.2 Å². The van der Waals surface area contributed by atoms with Gasteiger partial charge < -0.3 is 9.80 Å². The fourth-order valence-corrected chi connectivity index (χ4v) is 3.98. The minimum absolute atomic E-state index is 0.0601. The fraction of sp³-hybridized carbons (Fsp3) is 0.667. The number of aromatic nitrogens is 5. The van der Waals surface area contributed by atoms with Crippen molar-refractivity contribution in [2.24, 2.45) is 11.8 Å². The zero-order valence-corrected chi connectivity index (χ0v) is 15.3. The van der Waals surface area contributed by atoms with E-state index in [9.17, 15) is 0 Å². The van der Waals surface area contributed by atoms with Crippen LogP contribution in [0.1, 0.15) is 26.5 Å². The van der Waals surface area contributed by atoms with E-state index in [1.807, 2.05) is 0 Å². The van der Waals surface area contributed by atoms with Gasteiger partial charge in [-0.05, 0) is 11.8 Å². The van der Waals surface area contributed by atoms with E-state index in [1.165, 1.54) is 13.1 Å². The first kappa shape index (κ1) is 16.4. The quantitative estimate of drug-likeness (QED) is 0.838. The van der Waals surface area contributed by atoms with Crippen LogP contribution in [-0.4, -0.2) is 62.6 Å². The summed E-state index contributed by atoms with van der Waals surface area (Å²) in [7, 11) is 0. The van der Waals surface area contributed by atoms with E-state index in [4.69, 9.17) is 0 Å². The molecular formula is C18H27N7. The zero-order valence-electron chi connectivity index (χ0n) is 15.3. The molecule has 7 nitrogen and oxygen atoms in total. The maximum absolute atomic E-state index is 4.53. The highest BCUT2D eigenvalue weighted by atomic mass is 15.5. The molecule has 0 aliphatic carbocycles. The van der Waals surface area contributed by atoms with Crippen LogP contribution in [0.5, 0.6) is 0 Å². The molecule has 4 heterocycles. The molecule has 2 unspecified atom stereocenters. The Bertz CT molecular complexity index is 692. The van der Waals surface area contributed by atoms with Crippen molar-refractivity contribution in [1.29, 1.82) is 0 Å². The number of anilines is 1. The van der Waals surface area contributed by atoms with E-state index in [2.05, 4.69) is 56.8 Å². The molecule has 0 N–H and O–H groups in total. The second-order valence-electron chi connectivity index (χ2n) is 8.32. The van der Waals surface area contributed by atoms with Crippen molar-refractivity contribution in [3.63, 3.8) is 0 Å². The summed E-state index contributed by atoms with van der Waals surface area (Å²) in [6.07, 6.45) is 5.20. The topological polar surface area (TPSA) is 63.0 Å². The largest absolute Gasteiger partial charge is 0.356 e. The summed E-state index contributed by atoms with van der Waals surface area (Å²) in [6.45, 7) is 13.0. The van der Waals surface area contributed by atoms with E-state index in [-0.39, 0.29) is 5.41 Å². The molecule has 2 saturated heterocycles. The molecule has 134 valence electrons. The van der Waals surface area contributed by atoms with Gasteiger partial charge in [0.1, 0.15) is 12.1 Å². The van der Waals surface area contributed by atoms with Crippen molar-refractivity contribution in [1.82, 2.24) is 29.9 Å². The Morgan fingerprint density at radius 3 is 2.28 bits per heavy atom. The van der Waals surface area contributed by atoms with Gasteiger partial charge in [-0.3, -0.25) is 0 Å². The maximum atomic E-state index is 4.53. The number of hydrogen-bond acceptors (Lipinski definition) is 6. The first-order valence-corrected chi connectivity index (χ1v) is 9.13. The molecule has 4 rings (SSSR count). The van der Waals surface area contributed by atoms with Crippen molar-refractivity contribution < 1.29 is 0 Å². The smallest absolute Gasteiger partial charge is 0.132 e. The SMILES string of the molecule is CC(C)(C)c1cc(N2CC3CN(CCn4nccn4)CC3C2)ncn1. The predicted octanol–water partition coefficient (Wildman–Crippen LogP) is 1.43. The minimum atomic E-state index is 0.0601. The molecule has 2 aliphatic rings. The van der Waals surface area contributed by atoms with Crippen molar-refractivity contribution >= 4 is 5.82 Å². The number of likely N-dealkylation sites (tertiary alicyclic amines) is 1. The standard InChI is InChI=1S/C18H27N7/c1-18(2,3)16-8-17(20-13-19-16)24-11-14-9-23(10-15(14)12-24)6-7-25-21-4-5-22-25/h4-5,8,13-15H,6-7,9-12H2,1-3H3. The lowest BCUT2D eigenvalue weighted by molar-refractivity contribution is 0.289. The molecule has 0 bridgehead atoms. The fourth-order valence-electron chi connectivity index (χ4n) is 3.98. The van der Waals surface area contributed by atoms with Gasteiger partial charge in [0.25, 0.3) is 0 Å². The summed E-state index contributed by atoms with van der Waals surface area (Å²) >= 11 is 0. The van der Waals surface area contributed by atoms with E-state index in [1.54, 1.807) is 23.5 Å². The summed E-state index contributed by atoms with van der Waals surface area (Å²) in [5.74, 6) is 2.55. The molecular weight excluding hydrogens is 314 g/mol. The second-order valence-corrected chi connectivity index (χ2v) is 8.32. The van der Waals surface area contributed by atoms with E-state index >= 15 is 0 Å². The Morgan fingerprint density at radius 2 is 1.64 bits per heavy atom. The monoisotopic (exact) mass is 341 g/mol. The zero-order chi connectivity index (χ0) is 17.4. The lowest BCUT2D eigenvalue weighted by Crippen LogP contribution is -2.31. The van der Waals surface area contributed by atoms with Crippen LogP contribution in [0.4, 0.5) is 5.82 Å². The molecule has 0 spiro atoms. The molecule has 25 heavy (non-hydrogen) atoms. The lowest BCUT2D eigenvalue weighted by Gasteiger charge is -2.24. The predicted molar refractivity (Wildman–Crippen MR) is 96.4 cm³/mol. The van der Waals surface area contributed by atoms with Crippen LogP contribution in [0.3, 0.4) is 0 Å². The summed E-state index contributed by atoms with van der Waals surface area (Å²) < 4.78 is 0. The molecule has 0 radical (unpaired) electrons. The average molecular weight is 341 g/mol. The van der Waals surface area contributed by atoms with Gasteiger partial charge in [0.2, 0.25) is 0 Å². The van der Waals surface area contributed by atoms with Gasteiger partial charge in [-0.15, -0.1) is 0 Å². The van der Waals surface area contributed by atoms with Crippen LogP contribution in [0.15, 0.2) is 24.8 Å². The van der Waals surface area contributed by atoms with Crippen LogP contribution >= 0.6 is 0 Å². The van der Waals surface area contributed by atoms with Crippen molar-refractivity contribution in [3.05, 3.63) is 30.5 Å². The molecule has 2 aromatic rings. The lowest BCUT2D eigenvalue weighted by atomic mass is 9.92. The van der Waals surface area contributed by atoms with Crippen LogP contribution in [-0.2, 0) is 12.0 Å². The minimum Gasteiger partial charge on any atom is -0.356 e. The molecule has 2 aliphatic heterocycles. The van der Waals surface area contributed by atoms with Crippen molar-refractivity contribution in [3.8, 4) is 0 Å². The first-order chi connectivity index (χ1) is 12.0. The molecule has 2 atom stereocenters. The Kier molecular flexibility index (Phi) is 4.19. The summed E-state index contributed by atoms with van der Waals surface area (Å²) in [5, 5.41) is 8.37. The van der Waals surface area contributed by atoms with E-state index in [0.717, 1.165) is 49.5 Å². The van der Waals surface area contributed by atoms with Crippen LogP contribution in [0.2, 0.25) is 0 Å². The van der Waals surface area contributed by atoms with Crippen molar-refractivity contribution in [2.45, 2.75) is 32.7 Å². The molecule has 0 saturated carbocycles. The molecule has 2 fully saturated rings. The summed E-state index contributed by atoms with van der Waals surface area (Å²) in [5.41, 5.74) is 1.17. The van der Waals surface area contributed by atoms with Gasteiger partial charge in [-0.1, -0.05) is 20.8 Å². The maximum Gasteiger partial charge on any atom is 0.132 e. The van der Waals surface area contributed by atoms with Crippen molar-refractivity contribution in [2.75, 3.05) is 37.6 Å². The van der Waals surface area contributed by atoms with Crippen LogP contribution in [0, 0.1) is 11.8 Å². The van der Waals surface area contributed by atoms with Gasteiger partial charge in [-0.2, -0.15) is 15.0 Å². The number of nitrogens with zero attached hydrogens (tertiary/aromatic N) is 7. The Hall–Kier alpha value is -2.02. The summed E-state index contributed by atoms with van der Waals surface area (Å²) in [6, 6.07) is 2.17. The Labute approximate surface area is 149 Å². The highest BCUT2D eigenvalue weighted by molar-refractivity contribution is 5.42. The van der Waals surface area contributed by atoms with E-state index < -0.39 is 0 Å². The number of fused-ring (bicyclic) bond motifs is 1. The molecule has 0 aromatic carbocycles. The number of rotatable bonds is 4. The molecule has 7 heteroatoms. The third-order valence-electron chi connectivity index (χ3n) is 5.39. The molecule has 0 amide bonds. The van der Waals surface area contributed by atoms with Gasteiger partial charge in [0.05, 0.1) is 24.6 Å². The summed E-state index contributed by atoms with van der Waals surface area (Å²) in [4.78, 5) is 15.8. The average Bonchev–Trinajstić information content (AvgIpc) is 3.28. The van der Waals surface area contributed by atoms with Crippen LogP contribution < -0.4 is 4.90 Å². The normalized spacial score (nSPS) is 24.0. The van der Waals surface area contributed by atoms with Gasteiger partial charge in [0.15, 0.2) is 0 Å². The Balaban J connectivity index is 1.35. The Morgan fingerprint density at radius 1 is 0.960 bits per heavy atom. The second kappa shape index (κ2) is 6.37. The molecule has 2 aromatic heterocycles. The van der Waals surface area contributed by atoms with E-state index in [0.29, 0.717) is 0 Å². The first-order valence-electron chi connectivity index (χ1n) is 9.13. The number of hydrogen-bond donors (Lipinski definition) is 0. The third kappa shape index (κ3) is 3.51. The highest BCUT2D eigenvalue weighted by Gasteiger charge is 2.40. The van der Waals surface area contributed by atoms with Crippen LogP contribution in [0.25, 0.3) is 0 Å². The highest BCUT2D eigenvalue weighted by Crippen LogP contribution is 2.34.